The zero-order valence-electron chi connectivity index (χ0n) is 23.0. The number of aryl methyl sites for hydroxylation is 1. The highest BCUT2D eigenvalue weighted by Crippen LogP contribution is 2.25. The van der Waals surface area contributed by atoms with Gasteiger partial charge in [-0.15, -0.1) is 0 Å². The molecular formula is C30H37N3O5S. The fourth-order valence-corrected chi connectivity index (χ4v) is 5.72. The minimum absolute atomic E-state index is 0.0786. The largest absolute Gasteiger partial charge is 0.497 e. The van der Waals surface area contributed by atoms with Crippen LogP contribution in [0, 0.1) is 0 Å². The highest BCUT2D eigenvalue weighted by Gasteiger charge is 2.33. The summed E-state index contributed by atoms with van der Waals surface area (Å²) in [6.45, 7) is 5.74. The Morgan fingerprint density at radius 3 is 2.03 bits per heavy atom. The van der Waals surface area contributed by atoms with Crippen LogP contribution in [0.2, 0.25) is 0 Å². The Bertz CT molecular complexity index is 1330. The number of nitrogens with one attached hydrogen (secondary N) is 1. The van der Waals surface area contributed by atoms with E-state index < -0.39 is 28.5 Å². The second kappa shape index (κ2) is 13.8. The number of rotatable bonds is 13. The third-order valence-corrected chi connectivity index (χ3v) is 8.28. The summed E-state index contributed by atoms with van der Waals surface area (Å²) in [5, 5.41) is 2.80. The van der Waals surface area contributed by atoms with Crippen molar-refractivity contribution in [1.82, 2.24) is 10.2 Å². The molecular weight excluding hydrogens is 514 g/mol. The van der Waals surface area contributed by atoms with Gasteiger partial charge in [-0.25, -0.2) is 8.42 Å². The van der Waals surface area contributed by atoms with Crippen molar-refractivity contribution in [3.8, 4) is 5.75 Å². The van der Waals surface area contributed by atoms with Crippen molar-refractivity contribution in [1.29, 1.82) is 0 Å². The fourth-order valence-electron chi connectivity index (χ4n) is 4.29. The highest BCUT2D eigenvalue weighted by atomic mass is 32.2. The molecule has 3 aromatic rings. The van der Waals surface area contributed by atoms with E-state index in [1.807, 2.05) is 45.0 Å². The Kier molecular flexibility index (Phi) is 10.5. The molecule has 3 rings (SSSR count). The minimum Gasteiger partial charge on any atom is -0.497 e. The monoisotopic (exact) mass is 551 g/mol. The first-order valence-electron chi connectivity index (χ1n) is 13.1. The summed E-state index contributed by atoms with van der Waals surface area (Å²) < 4.78 is 34.0. The Balaban J connectivity index is 2.04. The molecule has 0 heterocycles. The Morgan fingerprint density at radius 2 is 1.49 bits per heavy atom. The molecule has 0 saturated heterocycles. The summed E-state index contributed by atoms with van der Waals surface area (Å²) in [6, 6.07) is 21.6. The topological polar surface area (TPSA) is 96.0 Å². The van der Waals surface area contributed by atoms with E-state index in [9.17, 15) is 18.0 Å². The van der Waals surface area contributed by atoms with Crippen LogP contribution in [0.15, 0.2) is 83.8 Å². The lowest BCUT2D eigenvalue weighted by atomic mass is 10.1. The average Bonchev–Trinajstić information content (AvgIpc) is 2.96. The summed E-state index contributed by atoms with van der Waals surface area (Å²) in [5.74, 6) is -0.0994. The van der Waals surface area contributed by atoms with Crippen molar-refractivity contribution in [3.05, 3.63) is 90.0 Å². The van der Waals surface area contributed by atoms with Crippen LogP contribution in [-0.2, 0) is 32.6 Å². The van der Waals surface area contributed by atoms with Crippen LogP contribution >= 0.6 is 0 Å². The molecule has 0 aliphatic rings. The van der Waals surface area contributed by atoms with E-state index in [1.165, 1.54) is 17.0 Å². The van der Waals surface area contributed by atoms with Gasteiger partial charge in [0.15, 0.2) is 0 Å². The number of hydrogen-bond acceptors (Lipinski definition) is 5. The quantitative estimate of drug-likeness (QED) is 0.340. The van der Waals surface area contributed by atoms with Gasteiger partial charge in [-0.05, 0) is 67.3 Å². The Hall–Kier alpha value is -3.85. The van der Waals surface area contributed by atoms with Crippen LogP contribution in [0.3, 0.4) is 0 Å². The summed E-state index contributed by atoms with van der Waals surface area (Å²) >= 11 is 0. The molecule has 208 valence electrons. The smallest absolute Gasteiger partial charge is 0.264 e. The van der Waals surface area contributed by atoms with E-state index in [-0.39, 0.29) is 17.3 Å². The van der Waals surface area contributed by atoms with Gasteiger partial charge in [0.2, 0.25) is 11.8 Å². The maximum Gasteiger partial charge on any atom is 0.264 e. The van der Waals surface area contributed by atoms with Crippen molar-refractivity contribution in [2.24, 2.45) is 0 Å². The minimum atomic E-state index is -4.08. The number of ether oxygens (including phenoxy) is 1. The average molecular weight is 552 g/mol. The summed E-state index contributed by atoms with van der Waals surface area (Å²) in [6.07, 6.45) is 1.16. The number of amides is 2. The van der Waals surface area contributed by atoms with E-state index in [2.05, 4.69) is 5.32 Å². The SMILES string of the molecule is CCNC(=O)C(CC)N(Cc1ccc(OC)cc1)C(=O)CN(c1ccc(CC)cc1)S(=O)(=O)c1ccccc1. The van der Waals surface area contributed by atoms with Crippen LogP contribution in [0.1, 0.15) is 38.3 Å². The first-order valence-corrected chi connectivity index (χ1v) is 14.6. The molecule has 0 bridgehead atoms. The molecule has 0 spiro atoms. The lowest BCUT2D eigenvalue weighted by Crippen LogP contribution is -2.52. The lowest BCUT2D eigenvalue weighted by Gasteiger charge is -2.33. The molecule has 0 fully saturated rings. The van der Waals surface area contributed by atoms with Crippen LogP contribution < -0.4 is 14.4 Å². The predicted octanol–water partition coefficient (Wildman–Crippen LogP) is 4.40. The normalized spacial score (nSPS) is 11.9. The van der Waals surface area contributed by atoms with E-state index in [4.69, 9.17) is 4.74 Å². The third kappa shape index (κ3) is 7.38. The number of carbonyl (C=O) groups is 2. The van der Waals surface area contributed by atoms with Crippen LogP contribution in [0.5, 0.6) is 5.75 Å². The van der Waals surface area contributed by atoms with Gasteiger partial charge >= 0.3 is 0 Å². The second-order valence-corrected chi connectivity index (χ2v) is 10.9. The molecule has 9 heteroatoms. The standard InChI is InChI=1S/C30H37N3O5S/c1-5-23-13-17-25(18-14-23)33(39(36,37)27-11-9-8-10-12-27)22-29(34)32(28(6-2)30(35)31-7-3)21-24-15-19-26(38-4)20-16-24/h8-20,28H,5-7,21-22H2,1-4H3,(H,31,35). The maximum absolute atomic E-state index is 14.0. The van der Waals surface area contributed by atoms with Gasteiger partial charge < -0.3 is 15.0 Å². The number of carbonyl (C=O) groups excluding carboxylic acids is 2. The van der Waals surface area contributed by atoms with Crippen molar-refractivity contribution >= 4 is 27.5 Å². The molecule has 8 nitrogen and oxygen atoms in total. The van der Waals surface area contributed by atoms with Gasteiger partial charge in [-0.3, -0.25) is 13.9 Å². The van der Waals surface area contributed by atoms with E-state index in [0.717, 1.165) is 21.9 Å². The molecule has 39 heavy (non-hydrogen) atoms. The zero-order valence-corrected chi connectivity index (χ0v) is 23.8. The van der Waals surface area contributed by atoms with E-state index in [1.54, 1.807) is 49.6 Å². The summed E-state index contributed by atoms with van der Waals surface area (Å²) in [4.78, 5) is 28.5. The number of nitrogens with zero attached hydrogens (tertiary/aromatic N) is 2. The number of likely N-dealkylation sites (N-methyl/N-ethyl adjacent to an activating group) is 1. The molecule has 0 aromatic heterocycles. The maximum atomic E-state index is 14.0. The number of sulfonamides is 1. The molecule has 0 saturated carbocycles. The van der Waals surface area contributed by atoms with Crippen LogP contribution in [0.4, 0.5) is 5.69 Å². The van der Waals surface area contributed by atoms with Gasteiger partial charge in [0, 0.05) is 13.1 Å². The van der Waals surface area contributed by atoms with Crippen molar-refractivity contribution in [2.45, 2.75) is 51.1 Å². The van der Waals surface area contributed by atoms with Gasteiger partial charge in [-0.2, -0.15) is 0 Å². The first kappa shape index (κ1) is 29.7. The highest BCUT2D eigenvalue weighted by molar-refractivity contribution is 7.92. The van der Waals surface area contributed by atoms with E-state index in [0.29, 0.717) is 24.4 Å². The molecule has 1 atom stereocenters. The van der Waals surface area contributed by atoms with Crippen LogP contribution in [0.25, 0.3) is 0 Å². The van der Waals surface area contributed by atoms with Gasteiger partial charge in [0.1, 0.15) is 18.3 Å². The molecule has 1 N–H and O–H groups in total. The third-order valence-electron chi connectivity index (χ3n) is 6.49. The van der Waals surface area contributed by atoms with Gasteiger partial charge in [0.05, 0.1) is 17.7 Å². The zero-order chi connectivity index (χ0) is 28.4. The van der Waals surface area contributed by atoms with Crippen molar-refractivity contribution < 1.29 is 22.7 Å². The van der Waals surface area contributed by atoms with Crippen molar-refractivity contribution in [3.63, 3.8) is 0 Å². The summed E-state index contributed by atoms with van der Waals surface area (Å²) in [7, 11) is -2.51. The number of benzene rings is 3. The van der Waals surface area contributed by atoms with Crippen LogP contribution in [-0.4, -0.2) is 51.4 Å². The fraction of sp³-hybridized carbons (Fsp3) is 0.333. The summed E-state index contributed by atoms with van der Waals surface area (Å²) in [5.41, 5.74) is 2.21. The molecule has 2 amide bonds. The molecule has 0 radical (unpaired) electrons. The van der Waals surface area contributed by atoms with Gasteiger partial charge in [0.25, 0.3) is 10.0 Å². The Labute approximate surface area is 231 Å². The predicted molar refractivity (Wildman–Crippen MR) is 153 cm³/mol. The van der Waals surface area contributed by atoms with Crippen molar-refractivity contribution in [2.75, 3.05) is 24.5 Å². The van der Waals surface area contributed by atoms with E-state index >= 15 is 0 Å². The number of methoxy groups -OCH3 is 1. The molecule has 3 aromatic carbocycles. The number of hydrogen-bond donors (Lipinski definition) is 1. The molecule has 0 aliphatic heterocycles. The number of anilines is 1. The first-order chi connectivity index (χ1) is 18.7. The lowest BCUT2D eigenvalue weighted by molar-refractivity contribution is -0.140. The van der Waals surface area contributed by atoms with Gasteiger partial charge in [-0.1, -0.05) is 56.3 Å². The molecule has 1 unspecified atom stereocenters. The second-order valence-electron chi connectivity index (χ2n) is 9.03. The Morgan fingerprint density at radius 1 is 0.872 bits per heavy atom. The molecule has 0 aliphatic carbocycles.